The molecule has 4 rings (SSSR count). The summed E-state index contributed by atoms with van der Waals surface area (Å²) in [6.07, 6.45) is 5.62. The van der Waals surface area contributed by atoms with Gasteiger partial charge in [0, 0.05) is 6.54 Å². The predicted octanol–water partition coefficient (Wildman–Crippen LogP) is 3.57. The highest BCUT2D eigenvalue weighted by Crippen LogP contribution is 2.36. The van der Waals surface area contributed by atoms with Gasteiger partial charge in [-0.05, 0) is 56.9 Å². The molecule has 30 heavy (non-hydrogen) atoms. The first-order chi connectivity index (χ1) is 14.4. The highest BCUT2D eigenvalue weighted by atomic mass is 32.2. The van der Waals surface area contributed by atoms with Crippen molar-refractivity contribution in [3.8, 4) is 5.75 Å². The predicted molar refractivity (Wildman–Crippen MR) is 116 cm³/mol. The number of hydrogen-bond acceptors (Lipinski definition) is 4. The molecular formula is C23H26N2O4S. The molecule has 0 unspecified atom stereocenters. The van der Waals surface area contributed by atoms with Crippen molar-refractivity contribution in [3.63, 3.8) is 0 Å². The Morgan fingerprint density at radius 3 is 2.63 bits per heavy atom. The Morgan fingerprint density at radius 2 is 1.90 bits per heavy atom. The first-order valence-electron chi connectivity index (χ1n) is 10.3. The molecule has 0 bridgehead atoms. The lowest BCUT2D eigenvalue weighted by Gasteiger charge is -2.34. The van der Waals surface area contributed by atoms with E-state index >= 15 is 0 Å². The zero-order chi connectivity index (χ0) is 21.1. The van der Waals surface area contributed by atoms with Crippen molar-refractivity contribution in [3.05, 3.63) is 65.7 Å². The van der Waals surface area contributed by atoms with Crippen LogP contribution in [0.15, 0.2) is 65.1 Å². The van der Waals surface area contributed by atoms with Crippen molar-refractivity contribution in [2.75, 3.05) is 17.4 Å². The number of benzene rings is 2. The van der Waals surface area contributed by atoms with E-state index in [-0.39, 0.29) is 17.3 Å². The van der Waals surface area contributed by atoms with Gasteiger partial charge in [-0.3, -0.25) is 9.10 Å². The lowest BCUT2D eigenvalue weighted by Crippen LogP contribution is -2.51. The minimum Gasteiger partial charge on any atom is -0.476 e. The van der Waals surface area contributed by atoms with Crippen LogP contribution in [0.4, 0.5) is 5.69 Å². The number of amides is 1. The van der Waals surface area contributed by atoms with Crippen LogP contribution in [-0.2, 0) is 14.8 Å². The molecular weight excluding hydrogens is 400 g/mol. The summed E-state index contributed by atoms with van der Waals surface area (Å²) in [5, 5.41) is 2.92. The molecule has 1 aliphatic heterocycles. The second-order valence-electron chi connectivity index (χ2n) is 7.75. The summed E-state index contributed by atoms with van der Waals surface area (Å²) in [7, 11) is -3.83. The van der Waals surface area contributed by atoms with Crippen molar-refractivity contribution in [1.29, 1.82) is 0 Å². The molecule has 0 spiro atoms. The number of allylic oxidation sites excluding steroid dienone is 1. The summed E-state index contributed by atoms with van der Waals surface area (Å²) in [6.45, 7) is 2.31. The number of rotatable bonds is 5. The van der Waals surface area contributed by atoms with E-state index in [0.29, 0.717) is 18.0 Å². The largest absolute Gasteiger partial charge is 0.476 e. The molecule has 6 nitrogen and oxygen atoms in total. The van der Waals surface area contributed by atoms with Gasteiger partial charge in [0.15, 0.2) is 6.10 Å². The number of anilines is 1. The van der Waals surface area contributed by atoms with Crippen molar-refractivity contribution in [2.45, 2.75) is 43.6 Å². The number of fused-ring (bicyclic) bond motifs is 1. The smallest absolute Gasteiger partial charge is 0.264 e. The normalized spacial score (nSPS) is 18.8. The molecule has 2 aliphatic rings. The Kier molecular flexibility index (Phi) is 5.81. The summed E-state index contributed by atoms with van der Waals surface area (Å²) in [5.41, 5.74) is 2.64. The SMILES string of the molecule is Cc1ccc(S(=O)(=O)N2C[C@H](C(=O)NCC3=CCCCC3)Oc3ccccc32)cc1. The van der Waals surface area contributed by atoms with E-state index in [1.807, 2.05) is 6.92 Å². The third kappa shape index (κ3) is 4.21. The number of nitrogens with zero attached hydrogens (tertiary/aromatic N) is 1. The number of para-hydroxylation sites is 2. The van der Waals surface area contributed by atoms with Crippen molar-refractivity contribution < 1.29 is 17.9 Å². The Balaban J connectivity index is 1.58. The highest BCUT2D eigenvalue weighted by Gasteiger charge is 2.37. The Morgan fingerprint density at radius 1 is 1.13 bits per heavy atom. The van der Waals surface area contributed by atoms with Gasteiger partial charge >= 0.3 is 0 Å². The molecule has 0 saturated heterocycles. The van der Waals surface area contributed by atoms with E-state index in [9.17, 15) is 13.2 Å². The van der Waals surface area contributed by atoms with Crippen molar-refractivity contribution in [2.24, 2.45) is 0 Å². The fraction of sp³-hybridized carbons (Fsp3) is 0.348. The zero-order valence-electron chi connectivity index (χ0n) is 17.0. The lowest BCUT2D eigenvalue weighted by atomic mass is 10.00. The number of carbonyl (C=O) groups is 1. The number of sulfonamides is 1. The van der Waals surface area contributed by atoms with E-state index in [2.05, 4.69) is 11.4 Å². The van der Waals surface area contributed by atoms with Crippen LogP contribution in [0.1, 0.15) is 31.2 Å². The molecule has 0 saturated carbocycles. The van der Waals surface area contributed by atoms with Crippen LogP contribution in [0.5, 0.6) is 5.75 Å². The van der Waals surface area contributed by atoms with E-state index in [4.69, 9.17) is 4.74 Å². The standard InChI is InChI=1S/C23H26N2O4S/c1-17-11-13-19(14-12-17)30(27,28)25-16-22(29-21-10-6-5-9-20(21)25)23(26)24-15-18-7-3-2-4-8-18/h5-7,9-14,22H,2-4,8,15-16H2,1H3,(H,24,26)/t22-/m1/s1. The first kappa shape index (κ1) is 20.5. The molecule has 0 fully saturated rings. The summed E-state index contributed by atoms with van der Waals surface area (Å²) >= 11 is 0. The van der Waals surface area contributed by atoms with Gasteiger partial charge in [0.2, 0.25) is 0 Å². The molecule has 2 aromatic carbocycles. The molecule has 0 radical (unpaired) electrons. The molecule has 158 valence electrons. The third-order valence-corrected chi connectivity index (χ3v) is 7.30. The fourth-order valence-electron chi connectivity index (χ4n) is 3.78. The van der Waals surface area contributed by atoms with Crippen molar-refractivity contribution in [1.82, 2.24) is 5.32 Å². The van der Waals surface area contributed by atoms with Crippen LogP contribution >= 0.6 is 0 Å². The summed E-state index contributed by atoms with van der Waals surface area (Å²) in [5.74, 6) is 0.0801. The average molecular weight is 427 g/mol. The minimum atomic E-state index is -3.83. The van der Waals surface area contributed by atoms with Gasteiger partial charge in [0.05, 0.1) is 17.1 Å². The van der Waals surface area contributed by atoms with Gasteiger partial charge in [-0.2, -0.15) is 0 Å². The van der Waals surface area contributed by atoms with Crippen LogP contribution < -0.4 is 14.4 Å². The summed E-state index contributed by atoms with van der Waals surface area (Å²) in [4.78, 5) is 13.0. The van der Waals surface area contributed by atoms with Gasteiger partial charge in [-0.1, -0.05) is 41.5 Å². The zero-order valence-corrected chi connectivity index (χ0v) is 17.8. The highest BCUT2D eigenvalue weighted by molar-refractivity contribution is 7.92. The summed E-state index contributed by atoms with van der Waals surface area (Å²) in [6, 6.07) is 13.6. The maximum absolute atomic E-state index is 13.4. The van der Waals surface area contributed by atoms with Crippen LogP contribution in [0.3, 0.4) is 0 Å². The maximum Gasteiger partial charge on any atom is 0.264 e. The molecule has 1 N–H and O–H groups in total. The van der Waals surface area contributed by atoms with E-state index < -0.39 is 16.1 Å². The van der Waals surface area contributed by atoms with Crippen LogP contribution in [0.2, 0.25) is 0 Å². The number of hydrogen-bond donors (Lipinski definition) is 1. The fourth-order valence-corrected chi connectivity index (χ4v) is 5.26. The first-order valence-corrected chi connectivity index (χ1v) is 11.7. The van der Waals surface area contributed by atoms with E-state index in [0.717, 1.165) is 24.8 Å². The topological polar surface area (TPSA) is 75.7 Å². The van der Waals surface area contributed by atoms with E-state index in [1.165, 1.54) is 16.3 Å². The second-order valence-corrected chi connectivity index (χ2v) is 9.61. The lowest BCUT2D eigenvalue weighted by molar-refractivity contribution is -0.127. The second kappa shape index (κ2) is 8.52. The van der Waals surface area contributed by atoms with Crippen LogP contribution in [0, 0.1) is 6.92 Å². The molecule has 1 atom stereocenters. The van der Waals surface area contributed by atoms with Gasteiger partial charge in [0.25, 0.3) is 15.9 Å². The number of carbonyl (C=O) groups excluding carboxylic acids is 1. The quantitative estimate of drug-likeness (QED) is 0.742. The van der Waals surface area contributed by atoms with Crippen LogP contribution in [0.25, 0.3) is 0 Å². The van der Waals surface area contributed by atoms with Crippen molar-refractivity contribution >= 4 is 21.6 Å². The van der Waals surface area contributed by atoms with Gasteiger partial charge in [0.1, 0.15) is 5.75 Å². The van der Waals surface area contributed by atoms with Gasteiger partial charge in [-0.15, -0.1) is 0 Å². The molecule has 1 amide bonds. The molecule has 1 heterocycles. The van der Waals surface area contributed by atoms with Gasteiger partial charge < -0.3 is 10.1 Å². The number of nitrogens with one attached hydrogen (secondary N) is 1. The van der Waals surface area contributed by atoms with E-state index in [1.54, 1.807) is 48.5 Å². The maximum atomic E-state index is 13.4. The van der Waals surface area contributed by atoms with Gasteiger partial charge in [-0.25, -0.2) is 8.42 Å². The molecule has 7 heteroatoms. The Labute approximate surface area is 177 Å². The molecule has 2 aromatic rings. The van der Waals surface area contributed by atoms with Crippen LogP contribution in [-0.4, -0.2) is 33.5 Å². The average Bonchev–Trinajstić information content (AvgIpc) is 2.77. The number of ether oxygens (including phenoxy) is 1. The Bertz CT molecular complexity index is 1060. The number of aryl methyl sites for hydroxylation is 1. The molecule has 0 aromatic heterocycles. The monoisotopic (exact) mass is 426 g/mol. The summed E-state index contributed by atoms with van der Waals surface area (Å²) < 4.78 is 33.9. The minimum absolute atomic E-state index is 0.0713. The Hall–Kier alpha value is -2.80. The third-order valence-electron chi connectivity index (χ3n) is 5.51. The molecule has 1 aliphatic carbocycles.